The average molecular weight is 612 g/mol. The minimum absolute atomic E-state index is 0.0378. The van der Waals surface area contributed by atoms with E-state index in [1.807, 2.05) is 6.92 Å². The van der Waals surface area contributed by atoms with Crippen LogP contribution in [0, 0.1) is 28.5 Å². The monoisotopic (exact) mass is 611 g/mol. The predicted molar refractivity (Wildman–Crippen MR) is 155 cm³/mol. The fourth-order valence-electron chi connectivity index (χ4n) is 8.64. The van der Waals surface area contributed by atoms with Crippen molar-refractivity contribution in [2.45, 2.75) is 75.7 Å². The first kappa shape index (κ1) is 29.6. The van der Waals surface area contributed by atoms with Gasteiger partial charge in [0.2, 0.25) is 5.91 Å². The van der Waals surface area contributed by atoms with Crippen molar-refractivity contribution in [2.24, 2.45) is 22.7 Å². The molecule has 7 atom stereocenters. The number of carbonyl (C=O) groups is 4. The van der Waals surface area contributed by atoms with Crippen molar-refractivity contribution in [2.75, 3.05) is 5.32 Å². The van der Waals surface area contributed by atoms with Crippen LogP contribution in [-0.4, -0.2) is 55.0 Å². The third kappa shape index (κ3) is 4.81. The van der Waals surface area contributed by atoms with Crippen LogP contribution in [0.15, 0.2) is 36.4 Å². The van der Waals surface area contributed by atoms with E-state index in [4.69, 9.17) is 4.74 Å². The number of ketones is 1. The van der Waals surface area contributed by atoms with Crippen molar-refractivity contribution in [1.29, 1.82) is 0 Å². The first-order chi connectivity index (χ1) is 20.3. The molecule has 11 heteroatoms. The second-order valence-electron chi connectivity index (χ2n) is 13.0. The Bertz CT molecular complexity index is 1530. The molecule has 3 aliphatic carbocycles. The molecule has 43 heavy (non-hydrogen) atoms. The second-order valence-corrected chi connectivity index (χ2v) is 14.3. The molecule has 2 aromatic carbocycles. The summed E-state index contributed by atoms with van der Waals surface area (Å²) in [6.07, 6.45) is 2.61. The van der Waals surface area contributed by atoms with Gasteiger partial charge < -0.3 is 25.4 Å². The number of anilines is 1. The molecule has 4 bridgehead atoms. The lowest BCUT2D eigenvalue weighted by atomic mass is 9.48. The Balaban J connectivity index is 1.22. The fourth-order valence-corrected chi connectivity index (χ4v) is 10.0. The van der Waals surface area contributed by atoms with Gasteiger partial charge in [-0.15, -0.1) is 0 Å². The van der Waals surface area contributed by atoms with E-state index in [-0.39, 0.29) is 70.7 Å². The Morgan fingerprint density at radius 3 is 2.51 bits per heavy atom. The summed E-state index contributed by atoms with van der Waals surface area (Å²) in [5.41, 5.74) is -1.71. The summed E-state index contributed by atoms with van der Waals surface area (Å²) in [5, 5.41) is 31.9. The number of amides is 1. The van der Waals surface area contributed by atoms with Gasteiger partial charge in [-0.25, -0.2) is 9.18 Å². The maximum absolute atomic E-state index is 14.0. The normalized spacial score (nSPS) is 33.8. The van der Waals surface area contributed by atoms with Gasteiger partial charge in [0.25, 0.3) is 0 Å². The molecule has 1 amide bonds. The van der Waals surface area contributed by atoms with Crippen molar-refractivity contribution < 1.29 is 43.6 Å². The van der Waals surface area contributed by atoms with Crippen molar-refractivity contribution in [3.05, 3.63) is 53.3 Å². The lowest BCUT2D eigenvalue weighted by Crippen LogP contribution is -2.63. The number of hydrogen-bond donors (Lipinski definition) is 4. The molecule has 0 unspecified atom stereocenters. The van der Waals surface area contributed by atoms with E-state index in [1.165, 1.54) is 23.9 Å². The van der Waals surface area contributed by atoms with Gasteiger partial charge in [-0.1, -0.05) is 30.8 Å². The summed E-state index contributed by atoms with van der Waals surface area (Å²) in [6, 6.07) is 7.95. The summed E-state index contributed by atoms with van der Waals surface area (Å²) in [5.74, 6) is -3.51. The number of benzene rings is 2. The number of carbonyl (C=O) groups excluding carboxylic acids is 3. The number of phenols is 2. The number of thioether (sulfide) groups is 1. The molecule has 0 radical (unpaired) electrons. The van der Waals surface area contributed by atoms with Crippen molar-refractivity contribution >= 4 is 40.2 Å². The Morgan fingerprint density at radius 2 is 1.84 bits per heavy atom. The SMILES string of the molecule is C[C@]12C[C@]34C[C@@H]1C[C@H](O2)[C@H]3[C@](C)(CCC(=O)Nc1c(O)ccc(C(=O)O)c1O)C(=O)C[C@@H]4SC(=O)Cc1ccc(F)cc1. The molecule has 4 N–H and O–H groups in total. The smallest absolute Gasteiger partial charge is 0.339 e. The molecular formula is C32H34FNO8S. The minimum atomic E-state index is -1.41. The molecule has 2 heterocycles. The summed E-state index contributed by atoms with van der Waals surface area (Å²) in [6.45, 7) is 4.00. The van der Waals surface area contributed by atoms with Crippen LogP contribution in [-0.2, 0) is 25.5 Å². The van der Waals surface area contributed by atoms with Gasteiger partial charge in [-0.3, -0.25) is 14.4 Å². The van der Waals surface area contributed by atoms with Gasteiger partial charge in [-0.05, 0) is 73.8 Å². The summed E-state index contributed by atoms with van der Waals surface area (Å²) >= 11 is 1.22. The Kier molecular flexibility index (Phi) is 7.12. The van der Waals surface area contributed by atoms with Crippen molar-refractivity contribution in [3.8, 4) is 11.5 Å². The summed E-state index contributed by atoms with van der Waals surface area (Å²) in [4.78, 5) is 51.7. The molecule has 0 aromatic heterocycles. The van der Waals surface area contributed by atoms with Gasteiger partial charge in [-0.2, -0.15) is 0 Å². The molecule has 5 fully saturated rings. The van der Waals surface area contributed by atoms with E-state index in [2.05, 4.69) is 12.2 Å². The summed E-state index contributed by atoms with van der Waals surface area (Å²) < 4.78 is 19.9. The minimum Gasteiger partial charge on any atom is -0.506 e. The number of carboxylic acid groups (broad SMARTS) is 1. The number of carboxylic acids is 1. The lowest BCUT2D eigenvalue weighted by Gasteiger charge is -2.60. The van der Waals surface area contributed by atoms with E-state index in [0.717, 1.165) is 31.4 Å². The number of rotatable bonds is 8. The standard InChI is InChI=1S/C32H34FNO8S/c1-30(10-9-24(37)34-26-20(35)8-7-19(27(26)39)29(40)41)22(36)13-23(43-25(38)11-16-3-5-18(33)6-4-16)32-14-17-12-21(28(30)32)42-31(17,2)15-32/h3-8,17,21,23,28,35,39H,9-15H2,1-2H3,(H,34,37)(H,40,41)/t17-,21-,23-,28-,30+,31-,32-/m0/s1. The number of phenolic OH excluding ortho intramolecular Hbond substituents is 1. The zero-order valence-corrected chi connectivity index (χ0v) is 24.7. The lowest BCUT2D eigenvalue weighted by molar-refractivity contribution is -0.189. The largest absolute Gasteiger partial charge is 0.506 e. The van der Waals surface area contributed by atoms with Gasteiger partial charge in [0.15, 0.2) is 10.9 Å². The highest BCUT2D eigenvalue weighted by Gasteiger charge is 2.75. The van der Waals surface area contributed by atoms with E-state index in [9.17, 15) is 38.9 Å². The van der Waals surface area contributed by atoms with Crippen LogP contribution < -0.4 is 5.32 Å². The molecule has 228 valence electrons. The van der Waals surface area contributed by atoms with E-state index < -0.39 is 40.0 Å². The first-order valence-corrected chi connectivity index (χ1v) is 15.4. The average Bonchev–Trinajstić information content (AvgIpc) is 3.31. The molecule has 2 saturated heterocycles. The van der Waals surface area contributed by atoms with Crippen LogP contribution in [0.5, 0.6) is 11.5 Å². The van der Waals surface area contributed by atoms with Crippen LogP contribution in [0.2, 0.25) is 0 Å². The maximum atomic E-state index is 14.0. The third-order valence-corrected chi connectivity index (χ3v) is 11.8. The predicted octanol–water partition coefficient (Wildman–Crippen LogP) is 5.08. The molecule has 5 aliphatic rings. The van der Waals surface area contributed by atoms with Crippen molar-refractivity contribution in [3.63, 3.8) is 0 Å². The zero-order valence-electron chi connectivity index (χ0n) is 23.9. The molecule has 3 saturated carbocycles. The Morgan fingerprint density at radius 1 is 1.12 bits per heavy atom. The number of Topliss-reactive ketones (excluding diaryl/α,β-unsaturated/α-hetero) is 1. The van der Waals surface area contributed by atoms with Gasteiger partial charge in [0.05, 0.1) is 11.7 Å². The topological polar surface area (TPSA) is 150 Å². The van der Waals surface area contributed by atoms with E-state index in [0.29, 0.717) is 11.5 Å². The Hall–Kier alpha value is -3.44. The maximum Gasteiger partial charge on any atom is 0.339 e. The number of ether oxygens (including phenoxy) is 1. The van der Waals surface area contributed by atoms with Crippen LogP contribution in [0.3, 0.4) is 0 Å². The van der Waals surface area contributed by atoms with Gasteiger partial charge in [0.1, 0.15) is 28.6 Å². The second kappa shape index (κ2) is 10.3. The van der Waals surface area contributed by atoms with Crippen LogP contribution in [0.25, 0.3) is 0 Å². The number of halogens is 1. The van der Waals surface area contributed by atoms with Crippen molar-refractivity contribution in [1.82, 2.24) is 0 Å². The Labute approximate surface area is 252 Å². The van der Waals surface area contributed by atoms with Crippen LogP contribution >= 0.6 is 11.8 Å². The van der Waals surface area contributed by atoms with E-state index in [1.54, 1.807) is 12.1 Å². The number of hydrogen-bond acceptors (Lipinski definition) is 8. The molecular weight excluding hydrogens is 577 g/mol. The summed E-state index contributed by atoms with van der Waals surface area (Å²) in [7, 11) is 0. The quantitative estimate of drug-likeness (QED) is 0.300. The highest BCUT2D eigenvalue weighted by Crippen LogP contribution is 2.74. The van der Waals surface area contributed by atoms with Gasteiger partial charge in [0, 0.05) is 35.8 Å². The van der Waals surface area contributed by atoms with Gasteiger partial charge >= 0.3 is 5.97 Å². The fraction of sp³-hybridized carbons (Fsp3) is 0.500. The van der Waals surface area contributed by atoms with E-state index >= 15 is 0 Å². The highest BCUT2D eigenvalue weighted by atomic mass is 32.2. The number of aromatic carboxylic acids is 1. The first-order valence-electron chi connectivity index (χ1n) is 14.5. The number of aromatic hydroxyl groups is 2. The van der Waals surface area contributed by atoms with Crippen LogP contribution in [0.4, 0.5) is 10.1 Å². The third-order valence-electron chi connectivity index (χ3n) is 10.5. The molecule has 2 aromatic rings. The van der Waals surface area contributed by atoms with Crippen LogP contribution in [0.1, 0.15) is 68.3 Å². The molecule has 2 aliphatic heterocycles. The number of nitrogens with one attached hydrogen (secondary N) is 1. The molecule has 1 spiro atoms. The highest BCUT2D eigenvalue weighted by molar-refractivity contribution is 8.14. The zero-order chi connectivity index (χ0) is 30.9. The molecule has 9 nitrogen and oxygen atoms in total. The molecule has 7 rings (SSSR count).